The molecule has 7 nitrogen and oxygen atoms in total. The topological polar surface area (TPSA) is 79.9 Å². The second kappa shape index (κ2) is 9.08. The quantitative estimate of drug-likeness (QED) is 0.708. The SMILES string of the molecule is COc1ccc(CCN2CC(C(=O)NCC3CCCN3)CC2=O)cc1OC. The number of ether oxygens (including phenoxy) is 2. The molecule has 7 heteroatoms. The molecular weight excluding hydrogens is 346 g/mol. The normalized spacial score (nSPS) is 22.1. The monoisotopic (exact) mass is 375 g/mol. The first-order valence-corrected chi connectivity index (χ1v) is 9.60. The van der Waals surface area contributed by atoms with Gasteiger partial charge in [0.25, 0.3) is 0 Å². The van der Waals surface area contributed by atoms with Crippen LogP contribution in [-0.2, 0) is 16.0 Å². The third kappa shape index (κ3) is 4.91. The highest BCUT2D eigenvalue weighted by atomic mass is 16.5. The van der Waals surface area contributed by atoms with E-state index in [0.717, 1.165) is 24.9 Å². The number of likely N-dealkylation sites (tertiary alicyclic amines) is 1. The summed E-state index contributed by atoms with van der Waals surface area (Å²) in [5.41, 5.74) is 1.07. The van der Waals surface area contributed by atoms with Crippen molar-refractivity contribution in [3.8, 4) is 11.5 Å². The summed E-state index contributed by atoms with van der Waals surface area (Å²) in [4.78, 5) is 26.4. The van der Waals surface area contributed by atoms with Gasteiger partial charge >= 0.3 is 0 Å². The molecule has 1 aromatic rings. The van der Waals surface area contributed by atoms with Crippen LogP contribution in [0.25, 0.3) is 0 Å². The lowest BCUT2D eigenvalue weighted by Crippen LogP contribution is -2.40. The van der Waals surface area contributed by atoms with Crippen LogP contribution in [0.2, 0.25) is 0 Å². The van der Waals surface area contributed by atoms with Crippen LogP contribution in [-0.4, -0.2) is 63.2 Å². The highest BCUT2D eigenvalue weighted by Crippen LogP contribution is 2.28. The van der Waals surface area contributed by atoms with Gasteiger partial charge in [-0.05, 0) is 43.5 Å². The molecule has 0 aliphatic carbocycles. The Balaban J connectivity index is 1.48. The molecule has 2 unspecified atom stereocenters. The molecule has 0 saturated carbocycles. The zero-order valence-corrected chi connectivity index (χ0v) is 16.1. The van der Waals surface area contributed by atoms with Gasteiger partial charge in [-0.25, -0.2) is 0 Å². The third-order valence-corrected chi connectivity index (χ3v) is 5.39. The van der Waals surface area contributed by atoms with E-state index in [2.05, 4.69) is 10.6 Å². The zero-order valence-electron chi connectivity index (χ0n) is 16.1. The second-order valence-corrected chi connectivity index (χ2v) is 7.22. The fourth-order valence-electron chi connectivity index (χ4n) is 3.76. The Morgan fingerprint density at radius 3 is 2.81 bits per heavy atom. The highest BCUT2D eigenvalue weighted by molar-refractivity contribution is 5.89. The van der Waals surface area contributed by atoms with Gasteiger partial charge in [-0.15, -0.1) is 0 Å². The van der Waals surface area contributed by atoms with Gasteiger partial charge in [-0.3, -0.25) is 9.59 Å². The number of carbonyl (C=O) groups is 2. The van der Waals surface area contributed by atoms with E-state index in [0.29, 0.717) is 50.0 Å². The van der Waals surface area contributed by atoms with Crippen LogP contribution in [0.4, 0.5) is 0 Å². The second-order valence-electron chi connectivity index (χ2n) is 7.22. The van der Waals surface area contributed by atoms with Gasteiger partial charge in [0.15, 0.2) is 11.5 Å². The Bertz CT molecular complexity index is 673. The smallest absolute Gasteiger partial charge is 0.225 e. The van der Waals surface area contributed by atoms with Gasteiger partial charge in [-0.1, -0.05) is 6.07 Å². The van der Waals surface area contributed by atoms with Crippen LogP contribution in [0.1, 0.15) is 24.8 Å². The minimum Gasteiger partial charge on any atom is -0.493 e. The van der Waals surface area contributed by atoms with Crippen LogP contribution in [0.5, 0.6) is 11.5 Å². The molecule has 2 saturated heterocycles. The molecule has 2 N–H and O–H groups in total. The molecule has 0 bridgehead atoms. The first-order valence-electron chi connectivity index (χ1n) is 9.60. The molecule has 27 heavy (non-hydrogen) atoms. The molecule has 2 amide bonds. The zero-order chi connectivity index (χ0) is 19.2. The van der Waals surface area contributed by atoms with E-state index in [9.17, 15) is 9.59 Å². The van der Waals surface area contributed by atoms with Crippen molar-refractivity contribution in [3.05, 3.63) is 23.8 Å². The lowest BCUT2D eigenvalue weighted by atomic mass is 10.1. The number of hydrogen-bond acceptors (Lipinski definition) is 5. The summed E-state index contributed by atoms with van der Waals surface area (Å²) in [6.07, 6.45) is 3.27. The summed E-state index contributed by atoms with van der Waals surface area (Å²) in [5, 5.41) is 6.36. The molecule has 2 heterocycles. The number of methoxy groups -OCH3 is 2. The maximum Gasteiger partial charge on any atom is 0.225 e. The Morgan fingerprint density at radius 1 is 1.30 bits per heavy atom. The Kier molecular flexibility index (Phi) is 6.55. The van der Waals surface area contributed by atoms with Gasteiger partial charge in [0.1, 0.15) is 0 Å². The van der Waals surface area contributed by atoms with E-state index in [-0.39, 0.29) is 17.7 Å². The minimum absolute atomic E-state index is 0.00864. The minimum atomic E-state index is -0.246. The molecule has 0 radical (unpaired) electrons. The van der Waals surface area contributed by atoms with E-state index < -0.39 is 0 Å². The van der Waals surface area contributed by atoms with Gasteiger partial charge < -0.3 is 25.0 Å². The van der Waals surface area contributed by atoms with Crippen molar-refractivity contribution in [3.63, 3.8) is 0 Å². The van der Waals surface area contributed by atoms with Crippen molar-refractivity contribution in [1.29, 1.82) is 0 Å². The third-order valence-electron chi connectivity index (χ3n) is 5.39. The van der Waals surface area contributed by atoms with Gasteiger partial charge in [0.05, 0.1) is 20.1 Å². The van der Waals surface area contributed by atoms with Crippen molar-refractivity contribution in [2.75, 3.05) is 40.4 Å². The first-order chi connectivity index (χ1) is 13.1. The van der Waals surface area contributed by atoms with Crippen molar-refractivity contribution in [2.24, 2.45) is 5.92 Å². The molecule has 2 fully saturated rings. The largest absolute Gasteiger partial charge is 0.493 e. The lowest BCUT2D eigenvalue weighted by Gasteiger charge is -2.18. The van der Waals surface area contributed by atoms with Crippen molar-refractivity contribution < 1.29 is 19.1 Å². The highest BCUT2D eigenvalue weighted by Gasteiger charge is 2.34. The molecule has 1 aromatic carbocycles. The van der Waals surface area contributed by atoms with Crippen LogP contribution in [0, 0.1) is 5.92 Å². The Hall–Kier alpha value is -2.28. The number of nitrogens with one attached hydrogen (secondary N) is 2. The first kappa shape index (κ1) is 19.5. The summed E-state index contributed by atoms with van der Waals surface area (Å²) in [6, 6.07) is 6.14. The number of rotatable bonds is 8. The van der Waals surface area contributed by atoms with E-state index in [1.807, 2.05) is 18.2 Å². The molecule has 2 aliphatic heterocycles. The maximum atomic E-state index is 12.4. The van der Waals surface area contributed by atoms with Gasteiger partial charge in [-0.2, -0.15) is 0 Å². The molecule has 0 spiro atoms. The number of hydrogen-bond donors (Lipinski definition) is 2. The average Bonchev–Trinajstić information content (AvgIpc) is 3.33. The summed E-state index contributed by atoms with van der Waals surface area (Å²) in [5.74, 6) is 1.16. The number of benzene rings is 1. The summed E-state index contributed by atoms with van der Waals surface area (Å²) in [6.45, 7) is 2.76. The van der Waals surface area contributed by atoms with E-state index >= 15 is 0 Å². The standard InChI is InChI=1S/C20H29N3O4/c1-26-17-6-5-14(10-18(17)27-2)7-9-23-13-15(11-19(23)24)20(25)22-12-16-4-3-8-21-16/h5-6,10,15-16,21H,3-4,7-9,11-13H2,1-2H3,(H,22,25). The number of amides is 2. The summed E-state index contributed by atoms with van der Waals surface area (Å²) in [7, 11) is 3.21. The van der Waals surface area contributed by atoms with E-state index in [1.54, 1.807) is 19.1 Å². The van der Waals surface area contributed by atoms with E-state index in [4.69, 9.17) is 9.47 Å². The fraction of sp³-hybridized carbons (Fsp3) is 0.600. The molecule has 0 aromatic heterocycles. The molecule has 2 aliphatic rings. The molecule has 3 rings (SSSR count). The number of nitrogens with zero attached hydrogens (tertiary/aromatic N) is 1. The Morgan fingerprint density at radius 2 is 2.11 bits per heavy atom. The van der Waals surface area contributed by atoms with Gasteiger partial charge in [0.2, 0.25) is 11.8 Å². The molecule has 2 atom stereocenters. The van der Waals surface area contributed by atoms with Gasteiger partial charge in [0, 0.05) is 32.1 Å². The van der Waals surface area contributed by atoms with Crippen molar-refractivity contribution in [1.82, 2.24) is 15.5 Å². The van der Waals surface area contributed by atoms with Crippen LogP contribution in [0.15, 0.2) is 18.2 Å². The Labute approximate surface area is 160 Å². The lowest BCUT2D eigenvalue weighted by molar-refractivity contribution is -0.129. The number of carbonyl (C=O) groups excluding carboxylic acids is 2. The predicted molar refractivity (Wildman–Crippen MR) is 102 cm³/mol. The van der Waals surface area contributed by atoms with Crippen LogP contribution in [0.3, 0.4) is 0 Å². The fourth-order valence-corrected chi connectivity index (χ4v) is 3.76. The summed E-state index contributed by atoms with van der Waals surface area (Å²) < 4.78 is 10.6. The maximum absolute atomic E-state index is 12.4. The summed E-state index contributed by atoms with van der Waals surface area (Å²) >= 11 is 0. The molecular formula is C20H29N3O4. The molecule has 148 valence electrons. The van der Waals surface area contributed by atoms with Crippen LogP contribution < -0.4 is 20.1 Å². The van der Waals surface area contributed by atoms with Crippen LogP contribution >= 0.6 is 0 Å². The predicted octanol–water partition coefficient (Wildman–Crippen LogP) is 0.963. The van der Waals surface area contributed by atoms with Crippen molar-refractivity contribution >= 4 is 11.8 Å². The van der Waals surface area contributed by atoms with E-state index in [1.165, 1.54) is 0 Å². The average molecular weight is 375 g/mol. The van der Waals surface area contributed by atoms with Crippen molar-refractivity contribution in [2.45, 2.75) is 31.7 Å².